The van der Waals surface area contributed by atoms with Crippen LogP contribution in [0.3, 0.4) is 0 Å². The number of carbonyl (C=O) groups excluding carboxylic acids is 1. The molecule has 1 amide bonds. The zero-order valence-electron chi connectivity index (χ0n) is 12.2. The van der Waals surface area contributed by atoms with Crippen molar-refractivity contribution >= 4 is 28.3 Å². The van der Waals surface area contributed by atoms with Crippen LogP contribution in [0.1, 0.15) is 19.3 Å². The van der Waals surface area contributed by atoms with E-state index in [0.29, 0.717) is 0 Å². The maximum atomic E-state index is 12.0. The highest BCUT2D eigenvalue weighted by Crippen LogP contribution is 2.07. The Labute approximate surface area is 137 Å². The lowest BCUT2D eigenvalue weighted by molar-refractivity contribution is -0.121. The van der Waals surface area contributed by atoms with Crippen LogP contribution in [0, 0.1) is 0 Å². The number of amides is 1. The Bertz CT molecular complexity index is 560. The van der Waals surface area contributed by atoms with Crippen LogP contribution < -0.4 is 15.4 Å². The highest BCUT2D eigenvalue weighted by molar-refractivity contribution is 7.89. The molecular weight excluding hydrogens is 326 g/mol. The van der Waals surface area contributed by atoms with Gasteiger partial charge in [-0.15, -0.1) is 12.4 Å². The first-order valence-corrected chi connectivity index (χ1v) is 8.61. The maximum Gasteiger partial charge on any atom is 0.240 e. The molecule has 0 aromatic heterocycles. The Morgan fingerprint density at radius 3 is 2.45 bits per heavy atom. The van der Waals surface area contributed by atoms with Crippen LogP contribution in [0.15, 0.2) is 35.2 Å². The first kappa shape index (κ1) is 18.9. The largest absolute Gasteiger partial charge is 0.353 e. The molecule has 0 bridgehead atoms. The minimum absolute atomic E-state index is 0. The Hall–Kier alpha value is -1.15. The van der Waals surface area contributed by atoms with Crippen LogP contribution in [0.2, 0.25) is 0 Å². The van der Waals surface area contributed by atoms with Gasteiger partial charge in [0.25, 0.3) is 0 Å². The van der Waals surface area contributed by atoms with Gasteiger partial charge in [0.05, 0.1) is 4.90 Å². The molecule has 0 spiro atoms. The fourth-order valence-electron chi connectivity index (χ4n) is 2.25. The molecular formula is C14H22ClN3O3S. The van der Waals surface area contributed by atoms with E-state index in [0.717, 1.165) is 25.9 Å². The number of hydrogen-bond donors (Lipinski definition) is 3. The van der Waals surface area contributed by atoms with E-state index in [-0.39, 0.29) is 42.2 Å². The summed E-state index contributed by atoms with van der Waals surface area (Å²) >= 11 is 0. The van der Waals surface area contributed by atoms with E-state index >= 15 is 0 Å². The quantitative estimate of drug-likeness (QED) is 0.705. The molecule has 2 rings (SSSR count). The third-order valence-electron chi connectivity index (χ3n) is 3.40. The molecule has 0 aliphatic carbocycles. The van der Waals surface area contributed by atoms with Gasteiger partial charge in [0.1, 0.15) is 0 Å². The monoisotopic (exact) mass is 347 g/mol. The zero-order valence-corrected chi connectivity index (χ0v) is 13.9. The number of sulfonamides is 1. The molecule has 3 N–H and O–H groups in total. The standard InChI is InChI=1S/C14H21N3O3S.ClH/c18-14(17-12-6-9-15-10-7-12)8-11-16-21(19,20)13-4-2-1-3-5-13;/h1-5,12,15-16H,6-11H2,(H,17,18);1H. The van der Waals surface area contributed by atoms with E-state index < -0.39 is 10.0 Å². The molecule has 0 unspecified atom stereocenters. The average Bonchev–Trinajstić information content (AvgIpc) is 2.49. The number of hydrogen-bond acceptors (Lipinski definition) is 4. The molecule has 1 saturated heterocycles. The van der Waals surface area contributed by atoms with E-state index in [1.165, 1.54) is 12.1 Å². The van der Waals surface area contributed by atoms with Gasteiger partial charge >= 0.3 is 0 Å². The summed E-state index contributed by atoms with van der Waals surface area (Å²) in [5.74, 6) is -0.113. The maximum absolute atomic E-state index is 12.0. The van der Waals surface area contributed by atoms with E-state index in [1.807, 2.05) is 0 Å². The molecule has 1 aromatic rings. The number of piperidine rings is 1. The summed E-state index contributed by atoms with van der Waals surface area (Å²) in [5.41, 5.74) is 0. The van der Waals surface area contributed by atoms with E-state index in [2.05, 4.69) is 15.4 Å². The fraction of sp³-hybridized carbons (Fsp3) is 0.500. The van der Waals surface area contributed by atoms with Crippen molar-refractivity contribution in [1.29, 1.82) is 0 Å². The van der Waals surface area contributed by atoms with Gasteiger partial charge < -0.3 is 10.6 Å². The average molecular weight is 348 g/mol. The Morgan fingerprint density at radius 1 is 1.18 bits per heavy atom. The molecule has 1 heterocycles. The summed E-state index contributed by atoms with van der Waals surface area (Å²) < 4.78 is 26.3. The summed E-state index contributed by atoms with van der Waals surface area (Å²) in [6.45, 7) is 1.92. The molecule has 8 heteroatoms. The molecule has 1 aliphatic rings. The first-order valence-electron chi connectivity index (χ1n) is 7.13. The molecule has 6 nitrogen and oxygen atoms in total. The van der Waals surface area contributed by atoms with Crippen molar-refractivity contribution in [2.45, 2.75) is 30.2 Å². The molecule has 124 valence electrons. The van der Waals surface area contributed by atoms with Gasteiger partial charge in [-0.1, -0.05) is 18.2 Å². The number of rotatable bonds is 6. The van der Waals surface area contributed by atoms with Crippen LogP contribution in [0.4, 0.5) is 0 Å². The molecule has 0 atom stereocenters. The smallest absolute Gasteiger partial charge is 0.240 e. The van der Waals surface area contributed by atoms with Crippen molar-refractivity contribution in [3.63, 3.8) is 0 Å². The van der Waals surface area contributed by atoms with Crippen molar-refractivity contribution in [2.24, 2.45) is 0 Å². The molecule has 0 saturated carbocycles. The Balaban J connectivity index is 0.00000242. The summed E-state index contributed by atoms with van der Waals surface area (Å²) in [5, 5.41) is 6.16. The predicted octanol–water partition coefficient (Wildman–Crippen LogP) is 0.645. The van der Waals surface area contributed by atoms with Crippen LogP contribution in [-0.2, 0) is 14.8 Å². The van der Waals surface area contributed by atoms with Crippen molar-refractivity contribution in [2.75, 3.05) is 19.6 Å². The van der Waals surface area contributed by atoms with Crippen molar-refractivity contribution < 1.29 is 13.2 Å². The Kier molecular flexibility index (Phi) is 7.81. The lowest BCUT2D eigenvalue weighted by Crippen LogP contribution is -2.43. The van der Waals surface area contributed by atoms with Gasteiger partial charge in [0.2, 0.25) is 15.9 Å². The lowest BCUT2D eigenvalue weighted by Gasteiger charge is -2.23. The second-order valence-electron chi connectivity index (χ2n) is 5.05. The highest BCUT2D eigenvalue weighted by atomic mass is 35.5. The van der Waals surface area contributed by atoms with E-state index in [9.17, 15) is 13.2 Å². The molecule has 22 heavy (non-hydrogen) atoms. The van der Waals surface area contributed by atoms with Gasteiger partial charge in [-0.05, 0) is 38.1 Å². The van der Waals surface area contributed by atoms with Gasteiger partial charge in [-0.3, -0.25) is 4.79 Å². The number of nitrogens with one attached hydrogen (secondary N) is 3. The third kappa shape index (κ3) is 5.92. The van der Waals surface area contributed by atoms with Gasteiger partial charge in [-0.25, -0.2) is 13.1 Å². The van der Waals surface area contributed by atoms with Crippen LogP contribution in [-0.4, -0.2) is 40.0 Å². The second-order valence-corrected chi connectivity index (χ2v) is 6.82. The zero-order chi connectivity index (χ0) is 15.1. The van der Waals surface area contributed by atoms with Gasteiger partial charge in [0.15, 0.2) is 0 Å². The SMILES string of the molecule is Cl.O=C(CCNS(=O)(=O)c1ccccc1)NC1CCNCC1. The topological polar surface area (TPSA) is 87.3 Å². The molecule has 1 fully saturated rings. The van der Waals surface area contributed by atoms with Crippen molar-refractivity contribution in [3.05, 3.63) is 30.3 Å². The number of halogens is 1. The first-order chi connectivity index (χ1) is 10.1. The third-order valence-corrected chi connectivity index (χ3v) is 4.88. The number of carbonyl (C=O) groups is 1. The lowest BCUT2D eigenvalue weighted by atomic mass is 10.1. The van der Waals surface area contributed by atoms with Crippen LogP contribution in [0.25, 0.3) is 0 Å². The summed E-state index contributed by atoms with van der Waals surface area (Å²) in [7, 11) is -3.53. The van der Waals surface area contributed by atoms with Gasteiger partial charge in [-0.2, -0.15) is 0 Å². The molecule has 1 aromatic carbocycles. The minimum atomic E-state index is -3.53. The predicted molar refractivity (Wildman–Crippen MR) is 87.5 cm³/mol. The van der Waals surface area contributed by atoms with Gasteiger partial charge in [0, 0.05) is 19.0 Å². The second kappa shape index (κ2) is 9.09. The molecule has 0 radical (unpaired) electrons. The van der Waals surface area contributed by atoms with Crippen molar-refractivity contribution in [1.82, 2.24) is 15.4 Å². The summed E-state index contributed by atoms with van der Waals surface area (Å²) in [6, 6.07) is 8.33. The number of benzene rings is 1. The Morgan fingerprint density at radius 2 is 1.82 bits per heavy atom. The van der Waals surface area contributed by atoms with Crippen LogP contribution >= 0.6 is 12.4 Å². The normalized spacial score (nSPS) is 15.8. The fourth-order valence-corrected chi connectivity index (χ4v) is 3.30. The van der Waals surface area contributed by atoms with Crippen LogP contribution in [0.5, 0.6) is 0 Å². The van der Waals surface area contributed by atoms with Crippen molar-refractivity contribution in [3.8, 4) is 0 Å². The molecule has 1 aliphatic heterocycles. The summed E-state index contributed by atoms with van der Waals surface area (Å²) in [6.07, 6.45) is 1.99. The van der Waals surface area contributed by atoms with E-state index in [4.69, 9.17) is 0 Å². The minimum Gasteiger partial charge on any atom is -0.353 e. The summed E-state index contributed by atoms with van der Waals surface area (Å²) in [4.78, 5) is 12.0. The highest BCUT2D eigenvalue weighted by Gasteiger charge is 2.16. The van der Waals surface area contributed by atoms with E-state index in [1.54, 1.807) is 18.2 Å².